The fourth-order valence-electron chi connectivity index (χ4n) is 1.94. The van der Waals surface area contributed by atoms with Crippen molar-refractivity contribution >= 4 is 8.32 Å². The molecule has 1 aliphatic heterocycles. The highest BCUT2D eigenvalue weighted by Gasteiger charge is 2.27. The minimum atomic E-state index is -1.47. The third kappa shape index (κ3) is 2.80. The van der Waals surface area contributed by atoms with Crippen molar-refractivity contribution in [2.75, 3.05) is 0 Å². The maximum Gasteiger partial charge on any atom is 0.191 e. The predicted octanol–water partition coefficient (Wildman–Crippen LogP) is 3.91. The molecule has 1 aliphatic rings. The van der Waals surface area contributed by atoms with Crippen molar-refractivity contribution in [2.24, 2.45) is 0 Å². The summed E-state index contributed by atoms with van der Waals surface area (Å²) >= 11 is 0. The molecule has 0 spiro atoms. The van der Waals surface area contributed by atoms with Gasteiger partial charge in [0.25, 0.3) is 0 Å². The highest BCUT2D eigenvalue weighted by atomic mass is 28.4. The van der Waals surface area contributed by atoms with Crippen LogP contribution in [0, 0.1) is 0 Å². The molecule has 0 aliphatic carbocycles. The molecule has 1 unspecified atom stereocenters. The van der Waals surface area contributed by atoms with Gasteiger partial charge in [0, 0.05) is 0 Å². The molecule has 1 heterocycles. The van der Waals surface area contributed by atoms with E-state index in [9.17, 15) is 0 Å². The second-order valence-corrected chi connectivity index (χ2v) is 8.85. The third-order valence-electron chi connectivity index (χ3n) is 2.76. The Morgan fingerprint density at radius 2 is 1.87 bits per heavy atom. The molecular weight excluding hydrogens is 200 g/mol. The van der Waals surface area contributed by atoms with Gasteiger partial charge in [-0.15, -0.1) is 0 Å². The monoisotopic (exact) mass is 218 g/mol. The summed E-state index contributed by atoms with van der Waals surface area (Å²) in [5.74, 6) is 0. The number of hydrogen-bond acceptors (Lipinski definition) is 1. The second-order valence-electron chi connectivity index (χ2n) is 4.69. The maximum atomic E-state index is 6.26. The summed E-state index contributed by atoms with van der Waals surface area (Å²) in [6, 6.07) is 11.7. The van der Waals surface area contributed by atoms with Crippen molar-refractivity contribution < 1.29 is 4.43 Å². The number of hydrogen-bond donors (Lipinski definition) is 0. The van der Waals surface area contributed by atoms with Crippen LogP contribution in [0.5, 0.6) is 0 Å². The molecular formula is C13H18OSi. The van der Waals surface area contributed by atoms with Crippen LogP contribution in [0.4, 0.5) is 0 Å². The van der Waals surface area contributed by atoms with Gasteiger partial charge in [-0.25, -0.2) is 0 Å². The van der Waals surface area contributed by atoms with Crippen molar-refractivity contribution in [3.8, 4) is 0 Å². The van der Waals surface area contributed by atoms with Crippen LogP contribution in [0.3, 0.4) is 0 Å². The summed E-state index contributed by atoms with van der Waals surface area (Å²) in [5.41, 5.74) is 1.31. The Kier molecular flexibility index (Phi) is 3.07. The van der Waals surface area contributed by atoms with Crippen LogP contribution in [-0.2, 0) is 4.43 Å². The molecule has 80 valence electrons. The zero-order valence-electron chi connectivity index (χ0n) is 9.44. The van der Waals surface area contributed by atoms with Crippen LogP contribution in [0.25, 0.3) is 0 Å². The van der Waals surface area contributed by atoms with Crippen molar-refractivity contribution in [1.82, 2.24) is 0 Å². The molecule has 2 rings (SSSR count). The molecule has 1 nitrogen and oxygen atoms in total. The van der Waals surface area contributed by atoms with Gasteiger partial charge in [0.2, 0.25) is 0 Å². The lowest BCUT2D eigenvalue weighted by molar-refractivity contribution is 0.202. The number of rotatable bonds is 1. The molecule has 15 heavy (non-hydrogen) atoms. The first-order valence-electron chi connectivity index (χ1n) is 5.55. The molecule has 0 fully saturated rings. The van der Waals surface area contributed by atoms with E-state index in [4.69, 9.17) is 4.43 Å². The van der Waals surface area contributed by atoms with Crippen LogP contribution in [0.2, 0.25) is 19.1 Å². The zero-order valence-corrected chi connectivity index (χ0v) is 10.4. The van der Waals surface area contributed by atoms with E-state index in [-0.39, 0.29) is 6.10 Å². The van der Waals surface area contributed by atoms with Crippen LogP contribution in [0.15, 0.2) is 42.5 Å². The smallest absolute Gasteiger partial charge is 0.191 e. The Labute approximate surface area is 92.9 Å². The largest absolute Gasteiger partial charge is 0.410 e. The quantitative estimate of drug-likeness (QED) is 0.513. The SMILES string of the molecule is C[Si]1(C)CC=CCC(c2ccccc2)O1. The molecule has 1 aromatic rings. The van der Waals surface area contributed by atoms with Crippen molar-refractivity contribution in [3.63, 3.8) is 0 Å². The molecule has 1 atom stereocenters. The maximum absolute atomic E-state index is 6.26. The second kappa shape index (κ2) is 4.33. The first-order valence-corrected chi connectivity index (χ1v) is 8.67. The van der Waals surface area contributed by atoms with Crippen LogP contribution in [-0.4, -0.2) is 8.32 Å². The zero-order chi connectivity index (χ0) is 10.7. The average molecular weight is 218 g/mol. The van der Waals surface area contributed by atoms with Gasteiger partial charge >= 0.3 is 0 Å². The minimum absolute atomic E-state index is 0.270. The van der Waals surface area contributed by atoms with E-state index >= 15 is 0 Å². The van der Waals surface area contributed by atoms with Gasteiger partial charge in [0.05, 0.1) is 6.10 Å². The average Bonchev–Trinajstić information content (AvgIpc) is 2.41. The first kappa shape index (κ1) is 10.6. The van der Waals surface area contributed by atoms with E-state index in [1.165, 1.54) is 5.56 Å². The topological polar surface area (TPSA) is 9.23 Å². The minimum Gasteiger partial charge on any atom is -0.410 e. The van der Waals surface area contributed by atoms with E-state index < -0.39 is 8.32 Å². The van der Waals surface area contributed by atoms with Crippen LogP contribution < -0.4 is 0 Å². The standard InChI is InChI=1S/C13H18OSi/c1-15(2)11-7-6-10-13(14-15)12-8-4-3-5-9-12/h3-9,13H,10-11H2,1-2H3. The molecule has 0 N–H and O–H groups in total. The van der Waals surface area contributed by atoms with Crippen LogP contribution in [0.1, 0.15) is 18.1 Å². The lowest BCUT2D eigenvalue weighted by Crippen LogP contribution is -2.30. The lowest BCUT2D eigenvalue weighted by atomic mass is 10.1. The fourth-order valence-corrected chi connectivity index (χ4v) is 3.77. The van der Waals surface area contributed by atoms with E-state index in [0.29, 0.717) is 0 Å². The predicted molar refractivity (Wildman–Crippen MR) is 66.3 cm³/mol. The summed E-state index contributed by atoms with van der Waals surface area (Å²) in [5, 5.41) is 0. The number of benzene rings is 1. The highest BCUT2D eigenvalue weighted by molar-refractivity contribution is 6.71. The molecule has 0 saturated carbocycles. The molecule has 0 aromatic heterocycles. The first-order chi connectivity index (χ1) is 7.17. The fraction of sp³-hybridized carbons (Fsp3) is 0.385. The summed E-state index contributed by atoms with van der Waals surface area (Å²) in [4.78, 5) is 0. The molecule has 0 bridgehead atoms. The van der Waals surface area contributed by atoms with E-state index in [1.54, 1.807) is 0 Å². The Bertz CT molecular complexity index is 343. The molecule has 2 heteroatoms. The molecule has 0 amide bonds. The summed E-state index contributed by atoms with van der Waals surface area (Å²) in [7, 11) is -1.47. The lowest BCUT2D eigenvalue weighted by Gasteiger charge is -2.26. The van der Waals surface area contributed by atoms with Gasteiger partial charge in [0.15, 0.2) is 8.32 Å². The van der Waals surface area contributed by atoms with E-state index in [0.717, 1.165) is 12.5 Å². The van der Waals surface area contributed by atoms with Gasteiger partial charge < -0.3 is 4.43 Å². The third-order valence-corrected chi connectivity index (χ3v) is 4.90. The Balaban J connectivity index is 2.19. The Morgan fingerprint density at radius 3 is 2.60 bits per heavy atom. The van der Waals surface area contributed by atoms with E-state index in [1.807, 2.05) is 0 Å². The van der Waals surface area contributed by atoms with Gasteiger partial charge in [-0.2, -0.15) is 0 Å². The summed E-state index contributed by atoms with van der Waals surface area (Å²) < 4.78 is 6.26. The Morgan fingerprint density at radius 1 is 1.13 bits per heavy atom. The Hall–Kier alpha value is -0.863. The molecule has 1 aromatic carbocycles. The normalized spacial score (nSPS) is 24.8. The van der Waals surface area contributed by atoms with E-state index in [2.05, 4.69) is 55.6 Å². The van der Waals surface area contributed by atoms with Crippen molar-refractivity contribution in [2.45, 2.75) is 31.7 Å². The van der Waals surface area contributed by atoms with Gasteiger partial charge in [-0.3, -0.25) is 0 Å². The molecule has 0 radical (unpaired) electrons. The number of allylic oxidation sites excluding steroid dienone is 1. The van der Waals surface area contributed by atoms with Crippen molar-refractivity contribution in [1.29, 1.82) is 0 Å². The molecule has 0 saturated heterocycles. The van der Waals surface area contributed by atoms with Crippen molar-refractivity contribution in [3.05, 3.63) is 48.0 Å². The highest BCUT2D eigenvalue weighted by Crippen LogP contribution is 2.30. The summed E-state index contributed by atoms with van der Waals surface area (Å²) in [6.45, 7) is 4.58. The van der Waals surface area contributed by atoms with Gasteiger partial charge in [-0.1, -0.05) is 42.5 Å². The van der Waals surface area contributed by atoms with Crippen LogP contribution >= 0.6 is 0 Å². The van der Waals surface area contributed by atoms with Gasteiger partial charge in [0.1, 0.15) is 0 Å². The summed E-state index contributed by atoms with van der Waals surface area (Å²) in [6.07, 6.45) is 5.83. The van der Waals surface area contributed by atoms with Gasteiger partial charge in [-0.05, 0) is 31.1 Å².